The number of thiazole rings is 1. The van der Waals surface area contributed by atoms with Crippen LogP contribution in [0.3, 0.4) is 0 Å². The van der Waals surface area contributed by atoms with Gasteiger partial charge in [-0.1, -0.05) is 23.7 Å². The number of amides is 1. The van der Waals surface area contributed by atoms with Gasteiger partial charge in [-0.2, -0.15) is 5.10 Å². The van der Waals surface area contributed by atoms with Crippen molar-refractivity contribution >= 4 is 28.8 Å². The molecule has 1 fully saturated rings. The van der Waals surface area contributed by atoms with Crippen LogP contribution in [0.5, 0.6) is 0 Å². The first kappa shape index (κ1) is 19.8. The molecule has 1 amide bonds. The molecule has 1 aliphatic rings. The van der Waals surface area contributed by atoms with E-state index in [9.17, 15) is 9.59 Å². The van der Waals surface area contributed by atoms with Crippen molar-refractivity contribution in [3.8, 4) is 11.3 Å². The number of aryl methyl sites for hydroxylation is 1. The number of nitrogens with zero attached hydrogens (tertiary/aromatic N) is 5. The van der Waals surface area contributed by atoms with E-state index in [2.05, 4.69) is 15.4 Å². The minimum absolute atomic E-state index is 0.139. The fourth-order valence-corrected chi connectivity index (χ4v) is 4.19. The summed E-state index contributed by atoms with van der Waals surface area (Å²) in [6.45, 7) is 3.55. The molecule has 0 saturated carbocycles. The SMILES string of the molecule is Cn1nc(C(=O)N2CCN(Cc3nc(-c4ccc(Cl)cc4)cs3)CC2)ccc1=O. The molecule has 3 aromatic rings. The molecule has 0 spiro atoms. The molecule has 0 radical (unpaired) electrons. The number of hydrogen-bond acceptors (Lipinski definition) is 6. The van der Waals surface area contributed by atoms with E-state index in [1.54, 1.807) is 23.3 Å². The lowest BCUT2D eigenvalue weighted by Crippen LogP contribution is -2.48. The number of piperazine rings is 1. The van der Waals surface area contributed by atoms with Gasteiger partial charge in [0, 0.05) is 55.3 Å². The van der Waals surface area contributed by atoms with Crippen molar-refractivity contribution in [1.82, 2.24) is 24.6 Å². The lowest BCUT2D eigenvalue weighted by atomic mass is 10.2. The van der Waals surface area contributed by atoms with Crippen LogP contribution in [0.1, 0.15) is 15.5 Å². The Hall–Kier alpha value is -2.55. The maximum atomic E-state index is 12.6. The van der Waals surface area contributed by atoms with Crippen molar-refractivity contribution < 1.29 is 4.79 Å². The molecule has 2 aromatic heterocycles. The van der Waals surface area contributed by atoms with E-state index >= 15 is 0 Å². The third-order valence-corrected chi connectivity index (χ3v) is 5.98. The van der Waals surface area contributed by atoms with Crippen LogP contribution in [0.25, 0.3) is 11.3 Å². The lowest BCUT2D eigenvalue weighted by molar-refractivity contribution is 0.0620. The first-order chi connectivity index (χ1) is 14.0. The Morgan fingerprint density at radius 1 is 1.10 bits per heavy atom. The molecule has 0 atom stereocenters. The number of carbonyl (C=O) groups is 1. The maximum absolute atomic E-state index is 12.6. The Balaban J connectivity index is 1.34. The third-order valence-electron chi connectivity index (χ3n) is 4.89. The zero-order chi connectivity index (χ0) is 20.4. The zero-order valence-electron chi connectivity index (χ0n) is 15.9. The van der Waals surface area contributed by atoms with E-state index in [1.807, 2.05) is 24.3 Å². The van der Waals surface area contributed by atoms with Gasteiger partial charge >= 0.3 is 0 Å². The Labute approximate surface area is 177 Å². The third kappa shape index (κ3) is 4.55. The smallest absolute Gasteiger partial charge is 0.274 e. The van der Waals surface area contributed by atoms with Crippen LogP contribution in [0.4, 0.5) is 0 Å². The topological polar surface area (TPSA) is 71.3 Å². The van der Waals surface area contributed by atoms with Gasteiger partial charge in [-0.3, -0.25) is 14.5 Å². The van der Waals surface area contributed by atoms with E-state index < -0.39 is 0 Å². The second-order valence-electron chi connectivity index (χ2n) is 6.88. The summed E-state index contributed by atoms with van der Waals surface area (Å²) in [5, 5.41) is 7.88. The van der Waals surface area contributed by atoms with Crippen molar-refractivity contribution in [2.45, 2.75) is 6.54 Å². The normalized spacial score (nSPS) is 14.9. The van der Waals surface area contributed by atoms with E-state index in [0.29, 0.717) is 23.8 Å². The van der Waals surface area contributed by atoms with Crippen LogP contribution in [-0.4, -0.2) is 56.7 Å². The van der Waals surface area contributed by atoms with Gasteiger partial charge in [0.05, 0.1) is 12.2 Å². The average Bonchev–Trinajstić information content (AvgIpc) is 3.19. The van der Waals surface area contributed by atoms with Gasteiger partial charge in [-0.15, -0.1) is 11.3 Å². The highest BCUT2D eigenvalue weighted by atomic mass is 35.5. The quantitative estimate of drug-likeness (QED) is 0.637. The van der Waals surface area contributed by atoms with Crippen molar-refractivity contribution in [2.24, 2.45) is 7.05 Å². The van der Waals surface area contributed by atoms with Gasteiger partial charge < -0.3 is 4.90 Å². The minimum Gasteiger partial charge on any atom is -0.335 e. The van der Waals surface area contributed by atoms with Gasteiger partial charge in [-0.05, 0) is 18.2 Å². The fourth-order valence-electron chi connectivity index (χ4n) is 3.22. The first-order valence-electron chi connectivity index (χ1n) is 9.26. The molecule has 29 heavy (non-hydrogen) atoms. The fraction of sp³-hybridized carbons (Fsp3) is 0.300. The Kier molecular flexibility index (Phi) is 5.75. The summed E-state index contributed by atoms with van der Waals surface area (Å²) in [6.07, 6.45) is 0. The minimum atomic E-state index is -0.229. The van der Waals surface area contributed by atoms with Crippen LogP contribution in [0.2, 0.25) is 5.02 Å². The number of rotatable bonds is 4. The van der Waals surface area contributed by atoms with E-state index in [-0.39, 0.29) is 11.5 Å². The second kappa shape index (κ2) is 8.44. The maximum Gasteiger partial charge on any atom is 0.274 e. The Morgan fingerprint density at radius 2 is 1.83 bits per heavy atom. The molecule has 0 unspecified atom stereocenters. The number of halogens is 1. The summed E-state index contributed by atoms with van der Waals surface area (Å²) in [5.74, 6) is -0.139. The second-order valence-corrected chi connectivity index (χ2v) is 8.26. The van der Waals surface area contributed by atoms with Crippen molar-refractivity contribution in [2.75, 3.05) is 26.2 Å². The molecule has 7 nitrogen and oxygen atoms in total. The van der Waals surface area contributed by atoms with E-state index in [0.717, 1.165) is 35.9 Å². The predicted octanol–water partition coefficient (Wildman–Crippen LogP) is 2.52. The molecule has 1 aliphatic heterocycles. The zero-order valence-corrected chi connectivity index (χ0v) is 17.5. The molecule has 0 aliphatic carbocycles. The van der Waals surface area contributed by atoms with Crippen LogP contribution >= 0.6 is 22.9 Å². The van der Waals surface area contributed by atoms with Crippen molar-refractivity contribution in [1.29, 1.82) is 0 Å². The summed E-state index contributed by atoms with van der Waals surface area (Å²) < 4.78 is 1.18. The van der Waals surface area contributed by atoms with Crippen LogP contribution in [-0.2, 0) is 13.6 Å². The van der Waals surface area contributed by atoms with Crippen molar-refractivity contribution in [3.05, 3.63) is 67.9 Å². The van der Waals surface area contributed by atoms with Crippen molar-refractivity contribution in [3.63, 3.8) is 0 Å². The van der Waals surface area contributed by atoms with Crippen LogP contribution in [0, 0.1) is 0 Å². The number of aromatic nitrogens is 3. The number of hydrogen-bond donors (Lipinski definition) is 0. The first-order valence-corrected chi connectivity index (χ1v) is 10.5. The van der Waals surface area contributed by atoms with Gasteiger partial charge in [-0.25, -0.2) is 9.67 Å². The summed E-state index contributed by atoms with van der Waals surface area (Å²) in [5.41, 5.74) is 2.08. The molecule has 0 bridgehead atoms. The summed E-state index contributed by atoms with van der Waals surface area (Å²) in [4.78, 5) is 32.9. The van der Waals surface area contributed by atoms with Gasteiger partial charge in [0.2, 0.25) is 0 Å². The van der Waals surface area contributed by atoms with Gasteiger partial charge in [0.25, 0.3) is 11.5 Å². The van der Waals surface area contributed by atoms with E-state index in [1.165, 1.54) is 16.8 Å². The van der Waals surface area contributed by atoms with Crippen LogP contribution in [0.15, 0.2) is 46.6 Å². The molecule has 9 heteroatoms. The molecule has 1 saturated heterocycles. The highest BCUT2D eigenvalue weighted by molar-refractivity contribution is 7.09. The van der Waals surface area contributed by atoms with E-state index in [4.69, 9.17) is 16.6 Å². The molecule has 3 heterocycles. The summed E-state index contributed by atoms with van der Waals surface area (Å²) in [7, 11) is 1.55. The van der Waals surface area contributed by atoms with Gasteiger partial charge in [0.1, 0.15) is 10.7 Å². The van der Waals surface area contributed by atoms with Gasteiger partial charge in [0.15, 0.2) is 0 Å². The molecule has 1 aromatic carbocycles. The Bertz CT molecular complexity index is 1070. The molecule has 150 valence electrons. The molecule has 4 rings (SSSR count). The van der Waals surface area contributed by atoms with Crippen LogP contribution < -0.4 is 5.56 Å². The standard InChI is InChI=1S/C20H20ClN5O2S/c1-24-19(27)7-6-16(23-24)20(28)26-10-8-25(9-11-26)12-18-22-17(13-29-18)14-2-4-15(21)5-3-14/h2-7,13H,8-12H2,1H3. The summed E-state index contributed by atoms with van der Waals surface area (Å²) in [6, 6.07) is 10.5. The predicted molar refractivity (Wildman–Crippen MR) is 113 cm³/mol. The highest BCUT2D eigenvalue weighted by Crippen LogP contribution is 2.24. The molecular weight excluding hydrogens is 410 g/mol. The number of carbonyl (C=O) groups excluding carboxylic acids is 1. The Morgan fingerprint density at radius 3 is 2.52 bits per heavy atom. The lowest BCUT2D eigenvalue weighted by Gasteiger charge is -2.34. The highest BCUT2D eigenvalue weighted by Gasteiger charge is 2.24. The molecule has 0 N–H and O–H groups in total. The monoisotopic (exact) mass is 429 g/mol. The number of benzene rings is 1. The largest absolute Gasteiger partial charge is 0.335 e. The average molecular weight is 430 g/mol. The summed E-state index contributed by atoms with van der Waals surface area (Å²) >= 11 is 7.59. The molecular formula is C20H20ClN5O2S.